The van der Waals surface area contributed by atoms with Gasteiger partial charge in [-0.2, -0.15) is 0 Å². The van der Waals surface area contributed by atoms with Crippen LogP contribution in [0.2, 0.25) is 0 Å². The van der Waals surface area contributed by atoms with Gasteiger partial charge in [-0.15, -0.1) is 11.3 Å². The lowest BCUT2D eigenvalue weighted by Gasteiger charge is -2.33. The predicted octanol–water partition coefficient (Wildman–Crippen LogP) is 3.13. The first-order chi connectivity index (χ1) is 12.8. The molecule has 0 saturated heterocycles. The Morgan fingerprint density at radius 2 is 1.92 bits per heavy atom. The van der Waals surface area contributed by atoms with Gasteiger partial charge >= 0.3 is 0 Å². The van der Waals surface area contributed by atoms with E-state index < -0.39 is 0 Å². The zero-order valence-corrected chi connectivity index (χ0v) is 16.2. The highest BCUT2D eigenvalue weighted by atomic mass is 32.1. The van der Waals surface area contributed by atoms with E-state index in [1.807, 2.05) is 11.3 Å². The van der Waals surface area contributed by atoms with Crippen molar-refractivity contribution >= 4 is 17.2 Å². The highest BCUT2D eigenvalue weighted by molar-refractivity contribution is 7.10. The first-order valence-corrected chi connectivity index (χ1v) is 10.9. The van der Waals surface area contributed by atoms with Crippen LogP contribution in [0.5, 0.6) is 0 Å². The highest BCUT2D eigenvalue weighted by Gasteiger charge is 2.30. The number of benzene rings is 1. The van der Waals surface area contributed by atoms with Crippen LogP contribution in [0.15, 0.2) is 41.8 Å². The molecular formula is C22H29N2OS+. The molecule has 0 bridgehead atoms. The summed E-state index contributed by atoms with van der Waals surface area (Å²) in [7, 11) is 0. The maximum atomic E-state index is 12.6. The second-order valence-corrected chi connectivity index (χ2v) is 8.73. The molecule has 2 aromatic rings. The van der Waals surface area contributed by atoms with Gasteiger partial charge in [0.15, 0.2) is 0 Å². The Balaban J connectivity index is 1.44. The first-order valence-electron chi connectivity index (χ1n) is 10.0. The van der Waals surface area contributed by atoms with E-state index >= 15 is 0 Å². The molecule has 2 aliphatic rings. The number of thiophene rings is 1. The van der Waals surface area contributed by atoms with Gasteiger partial charge in [-0.05, 0) is 29.9 Å². The Kier molecular flexibility index (Phi) is 5.71. The summed E-state index contributed by atoms with van der Waals surface area (Å²) in [5, 5.41) is 5.46. The van der Waals surface area contributed by atoms with Crippen LogP contribution in [0.25, 0.3) is 0 Å². The Morgan fingerprint density at radius 3 is 2.69 bits per heavy atom. The van der Waals surface area contributed by atoms with Crippen LogP contribution in [0.1, 0.15) is 54.1 Å². The van der Waals surface area contributed by atoms with Gasteiger partial charge < -0.3 is 10.2 Å². The van der Waals surface area contributed by atoms with Crippen molar-refractivity contribution in [3.05, 3.63) is 57.8 Å². The van der Waals surface area contributed by atoms with Gasteiger partial charge in [-0.3, -0.25) is 4.79 Å². The number of carbonyl (C=O) groups excluding carboxylic acids is 1. The van der Waals surface area contributed by atoms with Crippen molar-refractivity contribution in [2.75, 3.05) is 13.1 Å². The third kappa shape index (κ3) is 4.02. The normalized spacial score (nSPS) is 21.8. The largest absolute Gasteiger partial charge is 0.349 e. The second-order valence-electron chi connectivity index (χ2n) is 7.75. The van der Waals surface area contributed by atoms with Crippen molar-refractivity contribution < 1.29 is 9.69 Å². The highest BCUT2D eigenvalue weighted by Crippen LogP contribution is 2.24. The molecule has 1 fully saturated rings. The first kappa shape index (κ1) is 17.7. The number of quaternary nitrogens is 1. The topological polar surface area (TPSA) is 33.5 Å². The monoisotopic (exact) mass is 369 g/mol. The number of fused-ring (bicyclic) bond motifs is 1. The maximum absolute atomic E-state index is 12.6. The molecule has 1 amide bonds. The molecule has 138 valence electrons. The SMILES string of the molecule is O=C(NC[C@@H](c1cccs1)[NH+]1CCc2ccccc2C1)C1CCCCC1. The smallest absolute Gasteiger partial charge is 0.223 e. The molecule has 1 aliphatic carbocycles. The summed E-state index contributed by atoms with van der Waals surface area (Å²) in [6, 6.07) is 13.5. The second kappa shape index (κ2) is 8.36. The summed E-state index contributed by atoms with van der Waals surface area (Å²) >= 11 is 1.82. The summed E-state index contributed by atoms with van der Waals surface area (Å²) in [6.45, 7) is 2.95. The number of rotatable bonds is 5. The summed E-state index contributed by atoms with van der Waals surface area (Å²) < 4.78 is 0. The van der Waals surface area contributed by atoms with Crippen molar-refractivity contribution in [1.29, 1.82) is 0 Å². The maximum Gasteiger partial charge on any atom is 0.223 e. The number of nitrogens with one attached hydrogen (secondary N) is 2. The molecule has 4 rings (SSSR count). The molecule has 1 aromatic carbocycles. The molecule has 2 N–H and O–H groups in total. The zero-order chi connectivity index (χ0) is 17.8. The molecule has 1 unspecified atom stereocenters. The van der Waals surface area contributed by atoms with Crippen LogP contribution in [-0.4, -0.2) is 19.0 Å². The molecule has 1 aromatic heterocycles. The van der Waals surface area contributed by atoms with E-state index in [1.165, 1.54) is 35.3 Å². The van der Waals surface area contributed by atoms with Gasteiger partial charge in [0.05, 0.1) is 18.0 Å². The lowest BCUT2D eigenvalue weighted by atomic mass is 9.88. The number of hydrogen-bond acceptors (Lipinski definition) is 2. The Morgan fingerprint density at radius 1 is 1.12 bits per heavy atom. The minimum Gasteiger partial charge on any atom is -0.349 e. The van der Waals surface area contributed by atoms with Crippen molar-refractivity contribution in [1.82, 2.24) is 5.32 Å². The lowest BCUT2D eigenvalue weighted by molar-refractivity contribution is -0.945. The van der Waals surface area contributed by atoms with E-state index in [2.05, 4.69) is 47.1 Å². The van der Waals surface area contributed by atoms with Gasteiger partial charge in [-0.1, -0.05) is 49.6 Å². The molecule has 1 aliphatic heterocycles. The van der Waals surface area contributed by atoms with E-state index in [4.69, 9.17) is 0 Å². The average molecular weight is 370 g/mol. The van der Waals surface area contributed by atoms with Crippen molar-refractivity contribution in [3.8, 4) is 0 Å². The van der Waals surface area contributed by atoms with E-state index in [-0.39, 0.29) is 11.8 Å². The third-order valence-electron chi connectivity index (χ3n) is 6.09. The predicted molar refractivity (Wildman–Crippen MR) is 106 cm³/mol. The average Bonchev–Trinajstić information content (AvgIpc) is 3.23. The molecule has 0 radical (unpaired) electrons. The molecule has 2 atom stereocenters. The minimum atomic E-state index is 0.241. The summed E-state index contributed by atoms with van der Waals surface area (Å²) in [5.74, 6) is 0.521. The summed E-state index contributed by atoms with van der Waals surface area (Å²) in [5.41, 5.74) is 2.96. The number of carbonyl (C=O) groups is 1. The third-order valence-corrected chi connectivity index (χ3v) is 7.07. The van der Waals surface area contributed by atoms with E-state index in [1.54, 1.807) is 4.90 Å². The zero-order valence-electron chi connectivity index (χ0n) is 15.4. The molecular weight excluding hydrogens is 340 g/mol. The molecule has 0 spiro atoms. The number of amides is 1. The van der Waals surface area contributed by atoms with Crippen LogP contribution in [0.3, 0.4) is 0 Å². The summed E-state index contributed by atoms with van der Waals surface area (Å²) in [4.78, 5) is 15.6. The molecule has 26 heavy (non-hydrogen) atoms. The molecule has 1 saturated carbocycles. The number of hydrogen-bond donors (Lipinski definition) is 2. The van der Waals surface area contributed by atoms with Crippen LogP contribution < -0.4 is 10.2 Å². The fourth-order valence-electron chi connectivity index (χ4n) is 4.55. The van der Waals surface area contributed by atoms with Gasteiger partial charge in [0.1, 0.15) is 12.6 Å². The minimum absolute atomic E-state index is 0.241. The van der Waals surface area contributed by atoms with Crippen LogP contribution in [0.4, 0.5) is 0 Å². The molecule has 2 heterocycles. The van der Waals surface area contributed by atoms with E-state index in [0.717, 1.165) is 38.9 Å². The Labute approximate surface area is 160 Å². The van der Waals surface area contributed by atoms with Gasteiger partial charge in [-0.25, -0.2) is 0 Å². The van der Waals surface area contributed by atoms with Crippen LogP contribution in [-0.2, 0) is 17.8 Å². The molecule has 3 nitrogen and oxygen atoms in total. The summed E-state index contributed by atoms with van der Waals surface area (Å²) in [6.07, 6.45) is 6.98. The van der Waals surface area contributed by atoms with Crippen molar-refractivity contribution in [2.45, 2.75) is 51.1 Å². The van der Waals surface area contributed by atoms with E-state index in [0.29, 0.717) is 6.04 Å². The fraction of sp³-hybridized carbons (Fsp3) is 0.500. The standard InChI is InChI=1S/C22H28N2OS/c25-22(18-8-2-1-3-9-18)23-15-20(21-11-6-14-26-21)24-13-12-17-7-4-5-10-19(17)16-24/h4-7,10-11,14,18,20H,1-3,8-9,12-13,15-16H2,(H,23,25)/p+1/t20-/m0/s1. The van der Waals surface area contributed by atoms with E-state index in [9.17, 15) is 4.79 Å². The lowest BCUT2D eigenvalue weighted by Crippen LogP contribution is -3.12. The van der Waals surface area contributed by atoms with Gasteiger partial charge in [0, 0.05) is 17.9 Å². The Hall–Kier alpha value is -1.65. The fourth-order valence-corrected chi connectivity index (χ4v) is 5.43. The van der Waals surface area contributed by atoms with Crippen LogP contribution >= 0.6 is 11.3 Å². The quantitative estimate of drug-likeness (QED) is 0.834. The van der Waals surface area contributed by atoms with Crippen LogP contribution in [0, 0.1) is 5.92 Å². The Bertz CT molecular complexity index is 722. The van der Waals surface area contributed by atoms with Gasteiger partial charge in [0.25, 0.3) is 0 Å². The molecule has 4 heteroatoms. The van der Waals surface area contributed by atoms with Gasteiger partial charge in [0.2, 0.25) is 5.91 Å². The van der Waals surface area contributed by atoms with Crippen molar-refractivity contribution in [3.63, 3.8) is 0 Å². The van der Waals surface area contributed by atoms with Crippen molar-refractivity contribution in [2.24, 2.45) is 5.92 Å².